The lowest BCUT2D eigenvalue weighted by atomic mass is 10.1. The van der Waals surface area contributed by atoms with Crippen LogP contribution in [0.1, 0.15) is 18.9 Å². The Labute approximate surface area is 183 Å². The Hall–Kier alpha value is -3.19. The maximum absolute atomic E-state index is 10.6. The smallest absolute Gasteiger partial charge is 0.198 e. The fourth-order valence-corrected chi connectivity index (χ4v) is 3.53. The van der Waals surface area contributed by atoms with Gasteiger partial charge in [0.25, 0.3) is 0 Å². The average molecular weight is 425 g/mol. The molecule has 31 heavy (non-hydrogen) atoms. The molecule has 2 N–H and O–H groups in total. The quantitative estimate of drug-likeness (QED) is 0.498. The Morgan fingerprint density at radius 1 is 1.00 bits per heavy atom. The molecule has 0 saturated heterocycles. The van der Waals surface area contributed by atoms with Crippen LogP contribution < -0.4 is 14.4 Å². The van der Waals surface area contributed by atoms with Crippen LogP contribution in [0.5, 0.6) is 17.4 Å². The number of aromatic hydroxyl groups is 1. The van der Waals surface area contributed by atoms with Gasteiger partial charge in [0.05, 0.1) is 36.7 Å². The van der Waals surface area contributed by atoms with Crippen LogP contribution in [0.25, 0.3) is 10.9 Å². The van der Waals surface area contributed by atoms with Crippen molar-refractivity contribution in [2.45, 2.75) is 13.3 Å². The van der Waals surface area contributed by atoms with Crippen LogP contribution in [0.4, 0.5) is 11.4 Å². The van der Waals surface area contributed by atoms with Crippen LogP contribution in [0, 0.1) is 0 Å². The van der Waals surface area contributed by atoms with Crippen molar-refractivity contribution in [3.63, 3.8) is 0 Å². The average Bonchev–Trinajstić information content (AvgIpc) is 3.09. The Balaban J connectivity index is 1.95. The molecule has 0 radical (unpaired) electrons. The number of hydrogen-bond donors (Lipinski definition) is 2. The van der Waals surface area contributed by atoms with Gasteiger partial charge >= 0.3 is 0 Å². The van der Waals surface area contributed by atoms with Crippen molar-refractivity contribution in [1.82, 2.24) is 9.88 Å². The van der Waals surface area contributed by atoms with Crippen molar-refractivity contribution in [1.29, 1.82) is 0 Å². The van der Waals surface area contributed by atoms with Gasteiger partial charge in [0.15, 0.2) is 17.4 Å². The zero-order valence-electron chi connectivity index (χ0n) is 19.2. The maximum atomic E-state index is 10.6. The zero-order chi connectivity index (χ0) is 22.5. The summed E-state index contributed by atoms with van der Waals surface area (Å²) in [4.78, 5) is 12.3. The molecule has 0 saturated carbocycles. The van der Waals surface area contributed by atoms with Crippen LogP contribution >= 0.6 is 0 Å². The minimum atomic E-state index is 0.0888. The summed E-state index contributed by atoms with van der Waals surface area (Å²) in [6.07, 6.45) is 0.666. The van der Waals surface area contributed by atoms with Crippen molar-refractivity contribution in [2.24, 2.45) is 4.99 Å². The third-order valence-electron chi connectivity index (χ3n) is 5.34. The van der Waals surface area contributed by atoms with E-state index in [-0.39, 0.29) is 5.88 Å². The van der Waals surface area contributed by atoms with Gasteiger partial charge in [0, 0.05) is 37.3 Å². The lowest BCUT2D eigenvalue weighted by Crippen LogP contribution is -2.28. The van der Waals surface area contributed by atoms with E-state index < -0.39 is 0 Å². The number of methoxy groups -OCH3 is 2. The zero-order valence-corrected chi connectivity index (χ0v) is 19.2. The molecule has 2 aromatic carbocycles. The Bertz CT molecular complexity index is 1050. The molecule has 166 valence electrons. The highest BCUT2D eigenvalue weighted by molar-refractivity contribution is 6.14. The second-order valence-electron chi connectivity index (χ2n) is 7.75. The Morgan fingerprint density at radius 3 is 2.23 bits per heavy atom. The van der Waals surface area contributed by atoms with E-state index in [4.69, 9.17) is 14.5 Å². The third kappa shape index (κ3) is 4.94. The monoisotopic (exact) mass is 424 g/mol. The van der Waals surface area contributed by atoms with Crippen LogP contribution in [0.15, 0.2) is 41.4 Å². The summed E-state index contributed by atoms with van der Waals surface area (Å²) in [5.74, 6) is 1.30. The number of nitrogens with zero attached hydrogens (tertiary/aromatic N) is 3. The standard InChI is InChI=1S/C24H32N4O3/c1-7-19(25-16-8-10-17(11-9-16)28(4)13-12-27(2)3)23-18-14-21(30-5)22(31-6)15-20(18)26-24(23)29/h8-11,14-15,26,29H,7,12-13H2,1-6H3. The van der Waals surface area contributed by atoms with Crippen LogP contribution in [-0.2, 0) is 0 Å². The van der Waals surface area contributed by atoms with E-state index in [1.807, 2.05) is 31.2 Å². The molecule has 7 heteroatoms. The van der Waals surface area contributed by atoms with E-state index in [1.54, 1.807) is 14.2 Å². The number of ether oxygens (including phenoxy) is 2. The molecule has 0 unspecified atom stereocenters. The van der Waals surface area contributed by atoms with Crippen molar-refractivity contribution in [2.75, 3.05) is 53.4 Å². The van der Waals surface area contributed by atoms with E-state index in [1.165, 1.54) is 0 Å². The highest BCUT2D eigenvalue weighted by Gasteiger charge is 2.18. The fraction of sp³-hybridized carbons (Fsp3) is 0.375. The lowest BCUT2D eigenvalue weighted by Gasteiger charge is -2.21. The summed E-state index contributed by atoms with van der Waals surface area (Å²) in [5.41, 5.74) is 4.24. The molecular weight excluding hydrogens is 392 g/mol. The minimum absolute atomic E-state index is 0.0888. The molecular formula is C24H32N4O3. The third-order valence-corrected chi connectivity index (χ3v) is 5.34. The number of nitrogens with one attached hydrogen (secondary N) is 1. The van der Waals surface area contributed by atoms with Crippen LogP contribution in [0.3, 0.4) is 0 Å². The van der Waals surface area contributed by atoms with Crippen molar-refractivity contribution >= 4 is 28.0 Å². The molecule has 7 nitrogen and oxygen atoms in total. The molecule has 3 rings (SSSR count). The topological polar surface area (TPSA) is 73.3 Å². The van der Waals surface area contributed by atoms with E-state index in [9.17, 15) is 5.11 Å². The van der Waals surface area contributed by atoms with Crippen molar-refractivity contribution in [3.05, 3.63) is 42.0 Å². The first-order chi connectivity index (χ1) is 14.9. The molecule has 1 aromatic heterocycles. The largest absolute Gasteiger partial charge is 0.494 e. The summed E-state index contributed by atoms with van der Waals surface area (Å²) in [7, 11) is 9.42. The predicted octanol–water partition coefficient (Wildman–Crippen LogP) is 4.42. The van der Waals surface area contributed by atoms with Gasteiger partial charge in [0.2, 0.25) is 0 Å². The first-order valence-corrected chi connectivity index (χ1v) is 10.4. The molecule has 1 heterocycles. The first-order valence-electron chi connectivity index (χ1n) is 10.4. The number of hydrogen-bond acceptors (Lipinski definition) is 6. The molecule has 0 aliphatic carbocycles. The van der Waals surface area contributed by atoms with E-state index in [0.29, 0.717) is 23.5 Å². The number of aromatic nitrogens is 1. The summed E-state index contributed by atoms with van der Waals surface area (Å²) in [6, 6.07) is 11.9. The number of benzene rings is 2. The predicted molar refractivity (Wildman–Crippen MR) is 128 cm³/mol. The van der Waals surface area contributed by atoms with E-state index in [2.05, 4.69) is 48.1 Å². The number of fused-ring (bicyclic) bond motifs is 1. The second kappa shape index (κ2) is 9.75. The van der Waals surface area contributed by atoms with E-state index in [0.717, 1.165) is 41.1 Å². The number of H-pyrrole nitrogens is 1. The van der Waals surface area contributed by atoms with Gasteiger partial charge in [-0.1, -0.05) is 6.92 Å². The van der Waals surface area contributed by atoms with Crippen LogP contribution in [0.2, 0.25) is 0 Å². The van der Waals surface area contributed by atoms with Gasteiger partial charge in [-0.2, -0.15) is 0 Å². The van der Waals surface area contributed by atoms with Crippen LogP contribution in [-0.4, -0.2) is 69.2 Å². The number of likely N-dealkylation sites (N-methyl/N-ethyl adjacent to an activating group) is 2. The summed E-state index contributed by atoms with van der Waals surface area (Å²) < 4.78 is 10.8. The Morgan fingerprint density at radius 2 is 1.65 bits per heavy atom. The highest BCUT2D eigenvalue weighted by Crippen LogP contribution is 2.37. The molecule has 0 aliphatic heterocycles. The summed E-state index contributed by atoms with van der Waals surface area (Å²) >= 11 is 0. The molecule has 3 aromatic rings. The van der Waals surface area contributed by atoms with E-state index >= 15 is 0 Å². The summed E-state index contributed by atoms with van der Waals surface area (Å²) in [6.45, 7) is 3.97. The number of aromatic amines is 1. The van der Waals surface area contributed by atoms with Gasteiger partial charge in [-0.15, -0.1) is 0 Å². The van der Waals surface area contributed by atoms with Gasteiger partial charge in [-0.25, -0.2) is 0 Å². The molecule has 0 atom stereocenters. The van der Waals surface area contributed by atoms with Gasteiger partial charge in [-0.3, -0.25) is 4.99 Å². The first kappa shape index (κ1) is 22.5. The second-order valence-corrected chi connectivity index (χ2v) is 7.75. The fourth-order valence-electron chi connectivity index (χ4n) is 3.53. The normalized spacial score (nSPS) is 11.9. The SMILES string of the molecule is CCC(=Nc1ccc(N(C)CCN(C)C)cc1)c1c(O)[nH]c2cc(OC)c(OC)cc12. The van der Waals surface area contributed by atoms with Gasteiger partial charge in [-0.05, 0) is 50.8 Å². The maximum Gasteiger partial charge on any atom is 0.198 e. The molecule has 0 fully saturated rings. The van der Waals surface area contributed by atoms with Gasteiger partial charge < -0.3 is 29.4 Å². The van der Waals surface area contributed by atoms with Gasteiger partial charge in [0.1, 0.15) is 0 Å². The Kier molecular flexibility index (Phi) is 7.07. The van der Waals surface area contributed by atoms with Crippen molar-refractivity contribution < 1.29 is 14.6 Å². The lowest BCUT2D eigenvalue weighted by molar-refractivity contribution is 0.356. The summed E-state index contributed by atoms with van der Waals surface area (Å²) in [5, 5.41) is 11.5. The number of aliphatic imine (C=N–C) groups is 1. The minimum Gasteiger partial charge on any atom is -0.494 e. The van der Waals surface area contributed by atoms with Crippen molar-refractivity contribution in [3.8, 4) is 17.4 Å². The molecule has 0 spiro atoms. The molecule has 0 aliphatic rings. The number of rotatable bonds is 9. The molecule has 0 bridgehead atoms. The highest BCUT2D eigenvalue weighted by atomic mass is 16.5. The number of anilines is 1. The molecule has 0 amide bonds.